The SMILES string of the molecule is CN(C)c1ncnc2ccc(N3CCN(c4cncc(-n5cccn5)n4)CC3)cc12. The van der Waals surface area contributed by atoms with Crippen molar-refractivity contribution >= 4 is 28.2 Å². The van der Waals surface area contributed by atoms with Crippen molar-refractivity contribution in [3.05, 3.63) is 55.4 Å². The maximum atomic E-state index is 4.73. The molecule has 4 heterocycles. The first-order chi connectivity index (χ1) is 14.7. The Hall–Kier alpha value is -3.75. The van der Waals surface area contributed by atoms with Gasteiger partial charge in [-0.15, -0.1) is 0 Å². The summed E-state index contributed by atoms with van der Waals surface area (Å²) in [5.74, 6) is 2.54. The average Bonchev–Trinajstić information content (AvgIpc) is 3.33. The minimum Gasteiger partial charge on any atom is -0.368 e. The maximum absolute atomic E-state index is 4.73. The van der Waals surface area contributed by atoms with Crippen molar-refractivity contribution in [2.75, 3.05) is 55.0 Å². The third-order valence-electron chi connectivity index (χ3n) is 5.34. The summed E-state index contributed by atoms with van der Waals surface area (Å²) in [7, 11) is 4.01. The van der Waals surface area contributed by atoms with Gasteiger partial charge in [-0.3, -0.25) is 4.98 Å². The zero-order valence-corrected chi connectivity index (χ0v) is 17.0. The average molecular weight is 401 g/mol. The van der Waals surface area contributed by atoms with E-state index in [2.05, 4.69) is 48.0 Å². The second kappa shape index (κ2) is 7.58. The normalized spacial score (nSPS) is 14.3. The van der Waals surface area contributed by atoms with Gasteiger partial charge in [0.2, 0.25) is 0 Å². The number of hydrogen-bond donors (Lipinski definition) is 0. The van der Waals surface area contributed by atoms with E-state index in [9.17, 15) is 0 Å². The van der Waals surface area contributed by atoms with Crippen LogP contribution in [0.1, 0.15) is 0 Å². The van der Waals surface area contributed by atoms with Gasteiger partial charge >= 0.3 is 0 Å². The largest absolute Gasteiger partial charge is 0.368 e. The van der Waals surface area contributed by atoms with Gasteiger partial charge in [0.25, 0.3) is 0 Å². The minimum atomic E-state index is 0.727. The van der Waals surface area contributed by atoms with E-state index in [4.69, 9.17) is 4.98 Å². The number of rotatable bonds is 4. The quantitative estimate of drug-likeness (QED) is 0.514. The van der Waals surface area contributed by atoms with Crippen molar-refractivity contribution in [1.82, 2.24) is 29.7 Å². The standard InChI is InChI=1S/C21H23N9/c1-27(2)21-17-12-16(4-5-18(17)23-15-24-21)28-8-10-29(11-9-28)19-13-22-14-20(26-19)30-7-3-6-25-30/h3-7,12-15H,8-11H2,1-2H3. The number of benzene rings is 1. The Morgan fingerprint density at radius 1 is 0.933 bits per heavy atom. The third-order valence-corrected chi connectivity index (χ3v) is 5.34. The van der Waals surface area contributed by atoms with Gasteiger partial charge < -0.3 is 14.7 Å². The smallest absolute Gasteiger partial charge is 0.173 e. The number of anilines is 3. The lowest BCUT2D eigenvalue weighted by Crippen LogP contribution is -2.47. The molecule has 9 nitrogen and oxygen atoms in total. The maximum Gasteiger partial charge on any atom is 0.173 e. The van der Waals surface area contributed by atoms with Crippen LogP contribution < -0.4 is 14.7 Å². The number of nitrogens with zero attached hydrogens (tertiary/aromatic N) is 9. The van der Waals surface area contributed by atoms with Crippen molar-refractivity contribution in [2.24, 2.45) is 0 Å². The summed E-state index contributed by atoms with van der Waals surface area (Å²) >= 11 is 0. The fraction of sp³-hybridized carbons (Fsp3) is 0.286. The number of aromatic nitrogens is 6. The second-order valence-corrected chi connectivity index (χ2v) is 7.45. The second-order valence-electron chi connectivity index (χ2n) is 7.45. The monoisotopic (exact) mass is 401 g/mol. The summed E-state index contributed by atoms with van der Waals surface area (Å²) < 4.78 is 1.73. The lowest BCUT2D eigenvalue weighted by Gasteiger charge is -2.36. The van der Waals surface area contributed by atoms with Crippen LogP contribution in [-0.2, 0) is 0 Å². The van der Waals surface area contributed by atoms with E-state index in [1.165, 1.54) is 5.69 Å². The molecule has 3 aromatic heterocycles. The summed E-state index contributed by atoms with van der Waals surface area (Å²) in [5, 5.41) is 5.31. The predicted molar refractivity (Wildman–Crippen MR) is 117 cm³/mol. The molecule has 4 aromatic rings. The summed E-state index contributed by atoms with van der Waals surface area (Å²) in [4.78, 5) is 24.6. The number of fused-ring (bicyclic) bond motifs is 1. The first-order valence-corrected chi connectivity index (χ1v) is 9.93. The predicted octanol–water partition coefficient (Wildman–Crippen LogP) is 2.00. The first kappa shape index (κ1) is 18.3. The number of piperazine rings is 1. The van der Waals surface area contributed by atoms with Gasteiger partial charge in [0.05, 0.1) is 17.9 Å². The molecule has 0 radical (unpaired) electrons. The summed E-state index contributed by atoms with van der Waals surface area (Å²) in [6.07, 6.45) is 8.78. The third kappa shape index (κ3) is 3.38. The van der Waals surface area contributed by atoms with Crippen molar-refractivity contribution in [1.29, 1.82) is 0 Å². The minimum absolute atomic E-state index is 0.727. The van der Waals surface area contributed by atoms with Crippen LogP contribution in [0.3, 0.4) is 0 Å². The molecule has 0 amide bonds. The van der Waals surface area contributed by atoms with Gasteiger partial charge in [-0.25, -0.2) is 19.6 Å². The summed E-state index contributed by atoms with van der Waals surface area (Å²) in [6, 6.07) is 8.29. The van der Waals surface area contributed by atoms with Crippen molar-refractivity contribution in [2.45, 2.75) is 0 Å². The molecule has 0 spiro atoms. The molecule has 0 atom stereocenters. The van der Waals surface area contributed by atoms with E-state index in [-0.39, 0.29) is 0 Å². The Balaban J connectivity index is 1.34. The molecule has 30 heavy (non-hydrogen) atoms. The highest BCUT2D eigenvalue weighted by molar-refractivity contribution is 5.91. The first-order valence-electron chi connectivity index (χ1n) is 9.93. The van der Waals surface area contributed by atoms with E-state index in [1.54, 1.807) is 23.4 Å². The van der Waals surface area contributed by atoms with Crippen LogP contribution in [0.15, 0.2) is 55.4 Å². The van der Waals surface area contributed by atoms with Gasteiger partial charge in [0, 0.05) is 63.7 Å². The highest BCUT2D eigenvalue weighted by Crippen LogP contribution is 2.27. The zero-order chi connectivity index (χ0) is 20.5. The van der Waals surface area contributed by atoms with Gasteiger partial charge in [0.15, 0.2) is 5.82 Å². The fourth-order valence-corrected chi connectivity index (χ4v) is 3.79. The summed E-state index contributed by atoms with van der Waals surface area (Å²) in [6.45, 7) is 3.57. The molecule has 0 unspecified atom stereocenters. The highest BCUT2D eigenvalue weighted by atomic mass is 15.3. The van der Waals surface area contributed by atoms with Crippen LogP contribution in [0, 0.1) is 0 Å². The molecule has 1 aliphatic rings. The van der Waals surface area contributed by atoms with Crippen molar-refractivity contribution in [3.63, 3.8) is 0 Å². The van der Waals surface area contributed by atoms with Gasteiger partial charge in [-0.05, 0) is 24.3 Å². The van der Waals surface area contributed by atoms with Gasteiger partial charge in [0.1, 0.15) is 18.0 Å². The lowest BCUT2D eigenvalue weighted by molar-refractivity contribution is 0.644. The molecular formula is C21H23N9. The number of hydrogen-bond acceptors (Lipinski definition) is 8. The molecule has 1 aromatic carbocycles. The molecule has 0 saturated carbocycles. The Labute approximate surface area is 174 Å². The molecule has 152 valence electrons. The summed E-state index contributed by atoms with van der Waals surface area (Å²) in [5.41, 5.74) is 2.15. The molecule has 5 rings (SSSR count). The Morgan fingerprint density at radius 2 is 1.73 bits per heavy atom. The van der Waals surface area contributed by atoms with Crippen LogP contribution in [0.25, 0.3) is 16.7 Å². The van der Waals surface area contributed by atoms with Crippen molar-refractivity contribution in [3.8, 4) is 5.82 Å². The van der Waals surface area contributed by atoms with Gasteiger partial charge in [-0.2, -0.15) is 5.10 Å². The fourth-order valence-electron chi connectivity index (χ4n) is 3.79. The zero-order valence-electron chi connectivity index (χ0n) is 17.0. The molecule has 0 bridgehead atoms. The van der Waals surface area contributed by atoms with Crippen LogP contribution in [0.2, 0.25) is 0 Å². The molecule has 1 fully saturated rings. The van der Waals surface area contributed by atoms with E-state index in [0.717, 1.165) is 54.5 Å². The van der Waals surface area contributed by atoms with E-state index in [1.807, 2.05) is 37.5 Å². The highest BCUT2D eigenvalue weighted by Gasteiger charge is 2.20. The van der Waals surface area contributed by atoms with Gasteiger partial charge in [-0.1, -0.05) is 0 Å². The molecule has 0 N–H and O–H groups in total. The van der Waals surface area contributed by atoms with Crippen LogP contribution in [0.4, 0.5) is 17.3 Å². The van der Waals surface area contributed by atoms with E-state index in [0.29, 0.717) is 0 Å². The van der Waals surface area contributed by atoms with Crippen LogP contribution >= 0.6 is 0 Å². The lowest BCUT2D eigenvalue weighted by atomic mass is 10.1. The molecule has 1 saturated heterocycles. The molecular weight excluding hydrogens is 378 g/mol. The van der Waals surface area contributed by atoms with E-state index < -0.39 is 0 Å². The molecule has 0 aliphatic carbocycles. The molecule has 1 aliphatic heterocycles. The molecule has 9 heteroatoms. The Bertz CT molecular complexity index is 1150. The Kier molecular flexibility index (Phi) is 4.62. The van der Waals surface area contributed by atoms with Crippen LogP contribution in [-0.4, -0.2) is 70.0 Å². The van der Waals surface area contributed by atoms with E-state index >= 15 is 0 Å². The van der Waals surface area contributed by atoms with Crippen LogP contribution in [0.5, 0.6) is 0 Å². The van der Waals surface area contributed by atoms with Crippen molar-refractivity contribution < 1.29 is 0 Å². The topological polar surface area (TPSA) is 79.1 Å². The Morgan fingerprint density at radius 3 is 2.50 bits per heavy atom.